The van der Waals surface area contributed by atoms with Gasteiger partial charge in [-0.15, -0.1) is 0 Å². The summed E-state index contributed by atoms with van der Waals surface area (Å²) in [5.41, 5.74) is -0.287. The fourth-order valence-corrected chi connectivity index (χ4v) is 2.94. The molecule has 1 amide bonds. The zero-order valence-electron chi connectivity index (χ0n) is 14.2. The Morgan fingerprint density at radius 1 is 1.33 bits per heavy atom. The van der Waals surface area contributed by atoms with E-state index in [1.165, 1.54) is 30.2 Å². The third-order valence-corrected chi connectivity index (χ3v) is 3.87. The van der Waals surface area contributed by atoms with E-state index in [0.717, 1.165) is 0 Å². The van der Waals surface area contributed by atoms with Crippen molar-refractivity contribution in [3.05, 3.63) is 29.6 Å². The van der Waals surface area contributed by atoms with Crippen LogP contribution in [0.25, 0.3) is 0 Å². The van der Waals surface area contributed by atoms with Crippen molar-refractivity contribution in [3.8, 4) is 5.75 Å². The summed E-state index contributed by atoms with van der Waals surface area (Å²) in [6, 6.07) is 2.84. The highest BCUT2D eigenvalue weighted by molar-refractivity contribution is 5.82. The summed E-state index contributed by atoms with van der Waals surface area (Å²) in [5.74, 6) is -1.81. The van der Waals surface area contributed by atoms with Gasteiger partial charge in [0.15, 0.2) is 0 Å². The number of carboxylic acid groups (broad SMARTS) is 1. The van der Waals surface area contributed by atoms with Crippen LogP contribution in [0.4, 0.5) is 9.18 Å². The van der Waals surface area contributed by atoms with E-state index in [2.05, 4.69) is 0 Å². The molecule has 132 valence electrons. The second-order valence-corrected chi connectivity index (χ2v) is 6.74. The lowest BCUT2D eigenvalue weighted by molar-refractivity contribution is -0.142. The van der Waals surface area contributed by atoms with Crippen LogP contribution in [0.2, 0.25) is 0 Å². The number of carbonyl (C=O) groups excluding carboxylic acids is 1. The van der Waals surface area contributed by atoms with Gasteiger partial charge in [0.2, 0.25) is 0 Å². The van der Waals surface area contributed by atoms with Crippen molar-refractivity contribution in [1.29, 1.82) is 0 Å². The van der Waals surface area contributed by atoms with Crippen LogP contribution in [0.15, 0.2) is 18.2 Å². The second-order valence-electron chi connectivity index (χ2n) is 6.74. The number of carboxylic acids is 1. The minimum absolute atomic E-state index is 0.218. The predicted molar refractivity (Wildman–Crippen MR) is 84.7 cm³/mol. The molecule has 1 N–H and O–H groups in total. The summed E-state index contributed by atoms with van der Waals surface area (Å²) in [4.78, 5) is 25.3. The normalized spacial score (nSPS) is 20.8. The van der Waals surface area contributed by atoms with Gasteiger partial charge in [-0.2, -0.15) is 0 Å². The monoisotopic (exact) mass is 339 g/mol. The molecule has 0 aromatic heterocycles. The van der Waals surface area contributed by atoms with Gasteiger partial charge in [0.05, 0.1) is 7.11 Å². The van der Waals surface area contributed by atoms with E-state index in [0.29, 0.717) is 17.7 Å². The topological polar surface area (TPSA) is 76.1 Å². The molecule has 0 unspecified atom stereocenters. The van der Waals surface area contributed by atoms with E-state index in [1.54, 1.807) is 20.8 Å². The van der Waals surface area contributed by atoms with Crippen LogP contribution in [-0.2, 0) is 9.53 Å². The van der Waals surface area contributed by atoms with Gasteiger partial charge in [0, 0.05) is 18.0 Å². The zero-order valence-corrected chi connectivity index (χ0v) is 14.2. The Balaban J connectivity index is 2.35. The Labute approximate surface area is 140 Å². The Hall–Kier alpha value is -2.31. The van der Waals surface area contributed by atoms with Gasteiger partial charge in [-0.1, -0.05) is 0 Å². The number of aliphatic carboxylic acids is 1. The number of ether oxygens (including phenoxy) is 2. The van der Waals surface area contributed by atoms with Gasteiger partial charge in [-0.3, -0.25) is 4.90 Å². The summed E-state index contributed by atoms with van der Waals surface area (Å²) in [6.45, 7) is 5.35. The minimum atomic E-state index is -1.16. The molecule has 1 aromatic carbocycles. The lowest BCUT2D eigenvalue weighted by Gasteiger charge is -2.28. The van der Waals surface area contributed by atoms with E-state index >= 15 is 0 Å². The molecule has 1 aromatic rings. The first-order valence-corrected chi connectivity index (χ1v) is 7.70. The van der Waals surface area contributed by atoms with E-state index in [9.17, 15) is 19.1 Å². The highest BCUT2D eigenvalue weighted by Gasteiger charge is 2.45. The average Bonchev–Trinajstić information content (AvgIpc) is 2.90. The number of nitrogens with zero attached hydrogens (tertiary/aromatic N) is 1. The summed E-state index contributed by atoms with van der Waals surface area (Å²) in [6.07, 6.45) is -0.302. The summed E-state index contributed by atoms with van der Waals surface area (Å²) < 4.78 is 24.1. The first kappa shape index (κ1) is 18.0. The van der Waals surface area contributed by atoms with Crippen LogP contribution in [0.5, 0.6) is 5.75 Å². The van der Waals surface area contributed by atoms with Crippen LogP contribution in [0.3, 0.4) is 0 Å². The van der Waals surface area contributed by atoms with E-state index in [1.807, 2.05) is 0 Å². The van der Waals surface area contributed by atoms with E-state index in [4.69, 9.17) is 9.47 Å². The average molecular weight is 339 g/mol. The molecule has 7 heteroatoms. The molecule has 1 saturated heterocycles. The number of amides is 1. The number of hydrogen-bond acceptors (Lipinski definition) is 4. The second kappa shape index (κ2) is 6.67. The lowest BCUT2D eigenvalue weighted by Crippen LogP contribution is -2.45. The van der Waals surface area contributed by atoms with Crippen molar-refractivity contribution < 1.29 is 28.6 Å². The van der Waals surface area contributed by atoms with Gasteiger partial charge in [0.1, 0.15) is 23.2 Å². The van der Waals surface area contributed by atoms with Crippen LogP contribution < -0.4 is 4.74 Å². The molecular formula is C17H22FNO5. The quantitative estimate of drug-likeness (QED) is 0.916. The smallest absolute Gasteiger partial charge is 0.411 e. The first-order chi connectivity index (χ1) is 11.1. The van der Waals surface area contributed by atoms with Crippen LogP contribution in [0, 0.1) is 5.82 Å². The molecule has 1 aliphatic heterocycles. The van der Waals surface area contributed by atoms with Crippen molar-refractivity contribution in [2.75, 3.05) is 13.7 Å². The SMILES string of the molecule is COc1ccc(F)cc1[C@@H]1CCN(C(=O)OC(C)(C)C)[C@@H]1C(=O)O. The fourth-order valence-electron chi connectivity index (χ4n) is 2.94. The van der Waals surface area contributed by atoms with Crippen molar-refractivity contribution in [1.82, 2.24) is 4.90 Å². The maximum Gasteiger partial charge on any atom is 0.411 e. The molecule has 2 atom stereocenters. The maximum atomic E-state index is 13.6. The molecule has 0 bridgehead atoms. The molecule has 1 aliphatic rings. The molecule has 2 rings (SSSR count). The van der Waals surface area contributed by atoms with Crippen molar-refractivity contribution in [3.63, 3.8) is 0 Å². The Morgan fingerprint density at radius 2 is 2.00 bits per heavy atom. The van der Waals surface area contributed by atoms with Crippen molar-refractivity contribution in [2.45, 2.75) is 44.8 Å². The largest absolute Gasteiger partial charge is 0.496 e. The molecule has 24 heavy (non-hydrogen) atoms. The Bertz CT molecular complexity index is 640. The number of rotatable bonds is 3. The first-order valence-electron chi connectivity index (χ1n) is 7.70. The van der Waals surface area contributed by atoms with Gasteiger partial charge in [-0.25, -0.2) is 14.0 Å². The fraction of sp³-hybridized carbons (Fsp3) is 0.529. The highest BCUT2D eigenvalue weighted by atomic mass is 19.1. The molecule has 0 spiro atoms. The number of hydrogen-bond donors (Lipinski definition) is 1. The Morgan fingerprint density at radius 3 is 2.54 bits per heavy atom. The summed E-state index contributed by atoms with van der Waals surface area (Å²) in [7, 11) is 1.44. The van der Waals surface area contributed by atoms with Crippen molar-refractivity contribution in [2.24, 2.45) is 0 Å². The molecule has 6 nitrogen and oxygen atoms in total. The molecule has 0 radical (unpaired) electrons. The predicted octanol–water partition coefficient (Wildman–Crippen LogP) is 3.01. The number of carbonyl (C=O) groups is 2. The van der Waals surface area contributed by atoms with Gasteiger partial charge >= 0.3 is 12.1 Å². The molecule has 0 saturated carbocycles. The molecule has 1 heterocycles. The number of benzene rings is 1. The van der Waals surface area contributed by atoms with Gasteiger partial charge in [-0.05, 0) is 45.4 Å². The molecular weight excluding hydrogens is 317 g/mol. The standard InChI is InChI=1S/C17H22FNO5/c1-17(2,3)24-16(22)19-8-7-11(14(19)15(20)21)12-9-10(18)5-6-13(12)23-4/h5-6,9,11,14H,7-8H2,1-4H3,(H,20,21)/t11-,14-/m0/s1. The van der Waals surface area contributed by atoms with E-state index in [-0.39, 0.29) is 6.54 Å². The van der Waals surface area contributed by atoms with E-state index < -0.39 is 35.4 Å². The summed E-state index contributed by atoms with van der Waals surface area (Å²) >= 11 is 0. The van der Waals surface area contributed by atoms with Crippen LogP contribution in [0.1, 0.15) is 38.7 Å². The third kappa shape index (κ3) is 3.77. The van der Waals surface area contributed by atoms with Crippen LogP contribution in [-0.4, -0.2) is 47.4 Å². The number of likely N-dealkylation sites (tertiary alicyclic amines) is 1. The highest BCUT2D eigenvalue weighted by Crippen LogP contribution is 2.39. The summed E-state index contributed by atoms with van der Waals surface area (Å²) in [5, 5.41) is 9.61. The van der Waals surface area contributed by atoms with Crippen molar-refractivity contribution >= 4 is 12.1 Å². The molecule has 0 aliphatic carbocycles. The van der Waals surface area contributed by atoms with Gasteiger partial charge < -0.3 is 14.6 Å². The maximum absolute atomic E-state index is 13.6. The Kier molecular flexibility index (Phi) is 5.01. The number of methoxy groups -OCH3 is 1. The minimum Gasteiger partial charge on any atom is -0.496 e. The van der Waals surface area contributed by atoms with Gasteiger partial charge in [0.25, 0.3) is 0 Å². The lowest BCUT2D eigenvalue weighted by atomic mass is 9.91. The van der Waals surface area contributed by atoms with Crippen LogP contribution >= 0.6 is 0 Å². The number of halogens is 1. The zero-order chi connectivity index (χ0) is 18.1. The molecule has 1 fully saturated rings. The third-order valence-electron chi connectivity index (χ3n) is 3.87.